The van der Waals surface area contributed by atoms with Gasteiger partial charge in [-0.25, -0.2) is 4.98 Å². The third kappa shape index (κ3) is 2.37. The van der Waals surface area contributed by atoms with Gasteiger partial charge in [-0.05, 0) is 29.7 Å². The fourth-order valence-corrected chi connectivity index (χ4v) is 1.63. The summed E-state index contributed by atoms with van der Waals surface area (Å²) in [7, 11) is 0. The predicted octanol–water partition coefficient (Wildman–Crippen LogP) is 2.70. The van der Waals surface area contributed by atoms with Crippen LogP contribution in [0.15, 0.2) is 35.6 Å². The molecule has 0 aliphatic rings. The molecule has 0 spiro atoms. The number of hydrogen-bond acceptors (Lipinski definition) is 5. The summed E-state index contributed by atoms with van der Waals surface area (Å²) >= 11 is 5.94. The van der Waals surface area contributed by atoms with Gasteiger partial charge in [0.2, 0.25) is 5.71 Å². The summed E-state index contributed by atoms with van der Waals surface area (Å²) in [6.45, 7) is 0. The number of rotatable bonds is 2. The van der Waals surface area contributed by atoms with Gasteiger partial charge in [0.05, 0.1) is 5.69 Å². The fourth-order valence-electron chi connectivity index (χ4n) is 1.41. The largest absolute Gasteiger partial charge is 0.276 e. The molecule has 0 fully saturated rings. The summed E-state index contributed by atoms with van der Waals surface area (Å²) in [6.07, 6.45) is 1.60. The van der Waals surface area contributed by atoms with Gasteiger partial charge < -0.3 is 0 Å². The van der Waals surface area contributed by atoms with E-state index in [2.05, 4.69) is 15.5 Å². The lowest BCUT2D eigenvalue weighted by Gasteiger charge is -2.03. The molecule has 1 N–H and O–H groups in total. The Kier molecular flexibility index (Phi) is 3.38. The lowest BCUT2D eigenvalue weighted by atomic mass is 10.1. The second-order valence-corrected chi connectivity index (χ2v) is 3.69. The number of anilines is 1. The van der Waals surface area contributed by atoms with Crippen LogP contribution in [-0.2, 0) is 0 Å². The molecule has 0 saturated heterocycles. The third-order valence-electron chi connectivity index (χ3n) is 2.22. The molecule has 2 aromatic rings. The van der Waals surface area contributed by atoms with Crippen molar-refractivity contribution in [3.05, 3.63) is 35.6 Å². The molecular weight excluding hydrogens is 250 g/mol. The Balaban J connectivity index is 2.35. The molecule has 0 atom stereocenters. The van der Waals surface area contributed by atoms with E-state index in [1.54, 1.807) is 36.5 Å². The number of benzene rings is 1. The number of hydrazone groups is 1. The number of halogens is 1. The molecule has 0 aliphatic heterocycles. The molecule has 1 aromatic heterocycles. The topological polar surface area (TPSA) is 84.9 Å². The Morgan fingerprint density at radius 3 is 2.78 bits per heavy atom. The Hall–Kier alpha value is -2.63. The van der Waals surface area contributed by atoms with E-state index in [1.165, 1.54) is 0 Å². The van der Waals surface area contributed by atoms with E-state index in [4.69, 9.17) is 22.1 Å². The van der Waals surface area contributed by atoms with Gasteiger partial charge in [-0.1, -0.05) is 11.6 Å². The lowest BCUT2D eigenvalue weighted by Crippen LogP contribution is -1.96. The van der Waals surface area contributed by atoms with Crippen molar-refractivity contribution in [3.8, 4) is 12.1 Å². The molecule has 86 valence electrons. The van der Waals surface area contributed by atoms with Gasteiger partial charge in [-0.15, -0.1) is 0 Å². The molecule has 0 amide bonds. The maximum atomic E-state index is 8.54. The van der Waals surface area contributed by atoms with Crippen LogP contribution < -0.4 is 5.43 Å². The second kappa shape index (κ2) is 5.13. The SMILES string of the molecule is N#CC(C#N)=NNc1ccc2c(Cl)nccc2c1. The first-order chi connectivity index (χ1) is 8.74. The zero-order valence-corrected chi connectivity index (χ0v) is 9.81. The molecule has 2 rings (SSSR count). The van der Waals surface area contributed by atoms with E-state index < -0.39 is 0 Å². The summed E-state index contributed by atoms with van der Waals surface area (Å²) in [5.74, 6) is 0. The second-order valence-electron chi connectivity index (χ2n) is 3.33. The standard InChI is InChI=1S/C12H6ClN5/c13-12-11-2-1-9(5-8(11)3-4-16-12)17-18-10(6-14)7-15/h1-5,17H. The Labute approximate surface area is 108 Å². The molecule has 6 heteroatoms. The molecule has 1 heterocycles. The molecule has 0 radical (unpaired) electrons. The van der Waals surface area contributed by atoms with Crippen molar-refractivity contribution < 1.29 is 0 Å². The number of nitrogens with zero attached hydrogens (tertiary/aromatic N) is 4. The summed E-state index contributed by atoms with van der Waals surface area (Å²) < 4.78 is 0. The molecule has 18 heavy (non-hydrogen) atoms. The number of hydrogen-bond donors (Lipinski definition) is 1. The third-order valence-corrected chi connectivity index (χ3v) is 2.53. The maximum Gasteiger partial charge on any atom is 0.237 e. The summed E-state index contributed by atoms with van der Waals surface area (Å²) in [5.41, 5.74) is 3.06. The minimum Gasteiger partial charge on any atom is -0.276 e. The van der Waals surface area contributed by atoms with Crippen molar-refractivity contribution >= 4 is 33.8 Å². The van der Waals surface area contributed by atoms with Crippen LogP contribution >= 0.6 is 11.6 Å². The quantitative estimate of drug-likeness (QED) is 0.508. The molecule has 0 unspecified atom stereocenters. The summed E-state index contributed by atoms with van der Waals surface area (Å²) in [5, 5.41) is 22.9. The number of fused-ring (bicyclic) bond motifs is 1. The molecule has 0 bridgehead atoms. The van der Waals surface area contributed by atoms with Gasteiger partial charge in [0.1, 0.15) is 17.3 Å². The minimum absolute atomic E-state index is 0.233. The van der Waals surface area contributed by atoms with Crippen LogP contribution in [0.3, 0.4) is 0 Å². The van der Waals surface area contributed by atoms with Crippen molar-refractivity contribution in [2.24, 2.45) is 5.10 Å². The van der Waals surface area contributed by atoms with Crippen LogP contribution in [0.4, 0.5) is 5.69 Å². The summed E-state index contributed by atoms with van der Waals surface area (Å²) in [6, 6.07) is 10.5. The minimum atomic E-state index is -0.233. The van der Waals surface area contributed by atoms with Gasteiger partial charge in [-0.3, -0.25) is 5.43 Å². The molecule has 0 aliphatic carbocycles. The van der Waals surface area contributed by atoms with Gasteiger partial charge in [0, 0.05) is 11.6 Å². The monoisotopic (exact) mass is 255 g/mol. The molecule has 1 aromatic carbocycles. The highest BCUT2D eigenvalue weighted by atomic mass is 35.5. The normalized spacial score (nSPS) is 9.28. The van der Waals surface area contributed by atoms with E-state index in [-0.39, 0.29) is 5.71 Å². The number of nitriles is 2. The van der Waals surface area contributed by atoms with Gasteiger partial charge in [-0.2, -0.15) is 15.6 Å². The average molecular weight is 256 g/mol. The Morgan fingerprint density at radius 2 is 2.06 bits per heavy atom. The van der Waals surface area contributed by atoms with Gasteiger partial charge >= 0.3 is 0 Å². The van der Waals surface area contributed by atoms with Crippen molar-refractivity contribution in [1.29, 1.82) is 10.5 Å². The van der Waals surface area contributed by atoms with Crippen LogP contribution in [0, 0.1) is 22.7 Å². The zero-order chi connectivity index (χ0) is 13.0. The van der Waals surface area contributed by atoms with Crippen molar-refractivity contribution in [1.82, 2.24) is 4.98 Å². The van der Waals surface area contributed by atoms with E-state index in [1.807, 2.05) is 6.07 Å². The van der Waals surface area contributed by atoms with Crippen LogP contribution in [0.2, 0.25) is 5.15 Å². The highest BCUT2D eigenvalue weighted by molar-refractivity contribution is 6.34. The van der Waals surface area contributed by atoms with E-state index in [9.17, 15) is 0 Å². The van der Waals surface area contributed by atoms with Crippen molar-refractivity contribution in [2.45, 2.75) is 0 Å². The number of nitrogens with one attached hydrogen (secondary N) is 1. The van der Waals surface area contributed by atoms with Crippen LogP contribution in [0.5, 0.6) is 0 Å². The Morgan fingerprint density at radius 1 is 1.28 bits per heavy atom. The molecular formula is C12H6ClN5. The number of pyridine rings is 1. The maximum absolute atomic E-state index is 8.54. The van der Waals surface area contributed by atoms with Gasteiger partial charge in [0.15, 0.2) is 0 Å². The summed E-state index contributed by atoms with van der Waals surface area (Å²) in [4.78, 5) is 3.97. The average Bonchev–Trinajstić information content (AvgIpc) is 2.40. The van der Waals surface area contributed by atoms with Gasteiger partial charge in [0.25, 0.3) is 0 Å². The highest BCUT2D eigenvalue weighted by Gasteiger charge is 2.01. The first-order valence-electron chi connectivity index (χ1n) is 4.93. The lowest BCUT2D eigenvalue weighted by molar-refractivity contribution is 1.33. The van der Waals surface area contributed by atoms with E-state index >= 15 is 0 Å². The predicted molar refractivity (Wildman–Crippen MR) is 69.0 cm³/mol. The van der Waals surface area contributed by atoms with Crippen LogP contribution in [-0.4, -0.2) is 10.7 Å². The van der Waals surface area contributed by atoms with Crippen molar-refractivity contribution in [2.75, 3.05) is 5.43 Å². The first-order valence-corrected chi connectivity index (χ1v) is 5.30. The zero-order valence-electron chi connectivity index (χ0n) is 9.05. The highest BCUT2D eigenvalue weighted by Crippen LogP contribution is 2.23. The van der Waals surface area contributed by atoms with Crippen LogP contribution in [0.25, 0.3) is 10.8 Å². The fraction of sp³-hybridized carbons (Fsp3) is 0. The smallest absolute Gasteiger partial charge is 0.237 e. The van der Waals surface area contributed by atoms with E-state index in [0.29, 0.717) is 10.8 Å². The first kappa shape index (κ1) is 11.8. The van der Waals surface area contributed by atoms with Crippen LogP contribution in [0.1, 0.15) is 0 Å². The Bertz CT molecular complexity index is 692. The molecule has 0 saturated carbocycles. The van der Waals surface area contributed by atoms with E-state index in [0.717, 1.165) is 10.8 Å². The van der Waals surface area contributed by atoms with Crippen molar-refractivity contribution in [3.63, 3.8) is 0 Å². The number of aromatic nitrogens is 1. The molecule has 5 nitrogen and oxygen atoms in total.